The van der Waals surface area contributed by atoms with Crippen LogP contribution in [0.5, 0.6) is 11.5 Å². The fourth-order valence-electron chi connectivity index (χ4n) is 2.52. The first-order valence-corrected chi connectivity index (χ1v) is 8.80. The van der Waals surface area contributed by atoms with E-state index < -0.39 is 23.4 Å². The number of nitrogens with zero attached hydrogens (tertiary/aromatic N) is 1. The number of benzene rings is 2. The number of carbonyl (C=O) groups excluding carboxylic acids is 2. The summed E-state index contributed by atoms with van der Waals surface area (Å²) >= 11 is 0. The lowest BCUT2D eigenvalue weighted by Crippen LogP contribution is -2.21. The van der Waals surface area contributed by atoms with Crippen LogP contribution in [0.3, 0.4) is 0 Å². The zero-order valence-electron chi connectivity index (χ0n) is 16.6. The first kappa shape index (κ1) is 21.7. The van der Waals surface area contributed by atoms with Gasteiger partial charge in [-0.15, -0.1) is 0 Å². The Balaban J connectivity index is 2.05. The second-order valence-electron chi connectivity index (χ2n) is 6.13. The van der Waals surface area contributed by atoms with Gasteiger partial charge in [-0.3, -0.25) is 14.9 Å². The SMILES string of the molecule is CCOc1ccc(C(=O)OCC(=O)Nc2cc(C)c(C)cc2[N+](=O)[O-])cc1OC. The topological polar surface area (TPSA) is 117 Å². The minimum atomic E-state index is -0.740. The molecule has 0 saturated carbocycles. The lowest BCUT2D eigenvalue weighted by atomic mass is 10.1. The zero-order chi connectivity index (χ0) is 21.6. The molecule has 0 spiro atoms. The molecule has 0 bridgehead atoms. The maximum atomic E-state index is 12.2. The number of amides is 1. The van der Waals surface area contributed by atoms with Gasteiger partial charge in [0, 0.05) is 6.07 Å². The smallest absolute Gasteiger partial charge is 0.338 e. The van der Waals surface area contributed by atoms with Crippen molar-refractivity contribution in [3.05, 3.63) is 57.1 Å². The van der Waals surface area contributed by atoms with Crippen molar-refractivity contribution in [2.24, 2.45) is 0 Å². The van der Waals surface area contributed by atoms with E-state index in [4.69, 9.17) is 14.2 Å². The fraction of sp³-hybridized carbons (Fsp3) is 0.300. The number of nitro groups is 1. The van der Waals surface area contributed by atoms with Crippen LogP contribution in [0.1, 0.15) is 28.4 Å². The number of nitrogens with one attached hydrogen (secondary N) is 1. The van der Waals surface area contributed by atoms with Gasteiger partial charge in [-0.2, -0.15) is 0 Å². The minimum Gasteiger partial charge on any atom is -0.493 e. The molecule has 2 aromatic rings. The third-order valence-corrected chi connectivity index (χ3v) is 4.12. The van der Waals surface area contributed by atoms with E-state index in [0.29, 0.717) is 18.1 Å². The molecule has 0 saturated heterocycles. The van der Waals surface area contributed by atoms with Gasteiger partial charge in [-0.25, -0.2) is 4.79 Å². The maximum absolute atomic E-state index is 12.2. The van der Waals surface area contributed by atoms with Crippen molar-refractivity contribution in [2.75, 3.05) is 25.6 Å². The molecule has 2 aromatic carbocycles. The standard InChI is InChI=1S/C20H22N2O7/c1-5-28-17-7-6-14(10-18(17)27-4)20(24)29-11-19(23)21-15-8-12(2)13(3)9-16(15)22(25)26/h6-10H,5,11H2,1-4H3,(H,21,23). The molecule has 29 heavy (non-hydrogen) atoms. The monoisotopic (exact) mass is 402 g/mol. The van der Waals surface area contributed by atoms with Crippen molar-refractivity contribution >= 4 is 23.3 Å². The first-order valence-electron chi connectivity index (χ1n) is 8.80. The highest BCUT2D eigenvalue weighted by molar-refractivity contribution is 5.97. The van der Waals surface area contributed by atoms with Gasteiger partial charge in [0.2, 0.25) is 0 Å². The lowest BCUT2D eigenvalue weighted by Gasteiger charge is -2.11. The van der Waals surface area contributed by atoms with Gasteiger partial charge in [0.05, 0.1) is 24.2 Å². The molecule has 0 fully saturated rings. The molecular weight excluding hydrogens is 380 g/mol. The Morgan fingerprint density at radius 2 is 1.79 bits per heavy atom. The molecule has 0 radical (unpaired) electrons. The molecule has 1 amide bonds. The van der Waals surface area contributed by atoms with Crippen molar-refractivity contribution in [1.82, 2.24) is 0 Å². The Bertz CT molecular complexity index is 941. The highest BCUT2D eigenvalue weighted by atomic mass is 16.6. The van der Waals surface area contributed by atoms with Crippen LogP contribution in [0.2, 0.25) is 0 Å². The van der Waals surface area contributed by atoms with Gasteiger partial charge in [0.15, 0.2) is 18.1 Å². The number of rotatable bonds is 8. The normalized spacial score (nSPS) is 10.2. The van der Waals surface area contributed by atoms with Crippen molar-refractivity contribution < 1.29 is 28.7 Å². The van der Waals surface area contributed by atoms with E-state index >= 15 is 0 Å². The van der Waals surface area contributed by atoms with Crippen LogP contribution in [0.4, 0.5) is 11.4 Å². The molecule has 0 heterocycles. The molecule has 0 aromatic heterocycles. The minimum absolute atomic E-state index is 0.0434. The first-order chi connectivity index (χ1) is 13.8. The summed E-state index contributed by atoms with van der Waals surface area (Å²) in [7, 11) is 1.44. The molecule has 0 aliphatic carbocycles. The van der Waals surface area contributed by atoms with Gasteiger partial charge in [0.1, 0.15) is 5.69 Å². The highest BCUT2D eigenvalue weighted by Crippen LogP contribution is 2.29. The fourth-order valence-corrected chi connectivity index (χ4v) is 2.52. The van der Waals surface area contributed by atoms with Crippen LogP contribution in [-0.4, -0.2) is 37.1 Å². The van der Waals surface area contributed by atoms with Crippen LogP contribution >= 0.6 is 0 Å². The number of esters is 1. The summed E-state index contributed by atoms with van der Waals surface area (Å²) in [5, 5.41) is 13.6. The van der Waals surface area contributed by atoms with Crippen LogP contribution in [0.25, 0.3) is 0 Å². The van der Waals surface area contributed by atoms with E-state index in [1.165, 1.54) is 31.4 Å². The second-order valence-corrected chi connectivity index (χ2v) is 6.13. The molecule has 1 N–H and O–H groups in total. The van der Waals surface area contributed by atoms with Crippen LogP contribution in [0.15, 0.2) is 30.3 Å². The van der Waals surface area contributed by atoms with Gasteiger partial charge >= 0.3 is 5.97 Å². The number of hydrogen-bond acceptors (Lipinski definition) is 7. The Hall–Kier alpha value is -3.62. The largest absolute Gasteiger partial charge is 0.493 e. The van der Waals surface area contributed by atoms with Crippen LogP contribution in [0, 0.1) is 24.0 Å². The predicted molar refractivity (Wildman–Crippen MR) is 106 cm³/mol. The number of ether oxygens (including phenoxy) is 3. The van der Waals surface area contributed by atoms with Crippen LogP contribution in [-0.2, 0) is 9.53 Å². The summed E-state index contributed by atoms with van der Waals surface area (Å²) in [5.41, 5.74) is 1.50. The molecule has 2 rings (SSSR count). The average Bonchev–Trinajstić information content (AvgIpc) is 2.69. The summed E-state index contributed by atoms with van der Waals surface area (Å²) in [6.45, 7) is 5.17. The predicted octanol–water partition coefficient (Wildman–Crippen LogP) is 3.41. The van der Waals surface area contributed by atoms with E-state index in [-0.39, 0.29) is 16.9 Å². The van der Waals surface area contributed by atoms with Gasteiger partial charge < -0.3 is 19.5 Å². The molecule has 0 aliphatic rings. The van der Waals surface area contributed by atoms with E-state index in [1.54, 1.807) is 19.9 Å². The maximum Gasteiger partial charge on any atom is 0.338 e. The van der Waals surface area contributed by atoms with E-state index in [2.05, 4.69) is 5.32 Å². The van der Waals surface area contributed by atoms with E-state index in [0.717, 1.165) is 11.1 Å². The summed E-state index contributed by atoms with van der Waals surface area (Å²) in [6, 6.07) is 7.38. The van der Waals surface area contributed by atoms with Crippen molar-refractivity contribution in [2.45, 2.75) is 20.8 Å². The number of anilines is 1. The second kappa shape index (κ2) is 9.54. The highest BCUT2D eigenvalue weighted by Gasteiger charge is 2.19. The lowest BCUT2D eigenvalue weighted by molar-refractivity contribution is -0.384. The summed E-state index contributed by atoms with van der Waals surface area (Å²) < 4.78 is 15.6. The van der Waals surface area contributed by atoms with Crippen molar-refractivity contribution in [1.29, 1.82) is 0 Å². The Labute approximate surface area is 167 Å². The number of nitro benzene ring substituents is 1. The summed E-state index contributed by atoms with van der Waals surface area (Å²) in [6.07, 6.45) is 0. The Morgan fingerprint density at radius 1 is 1.10 bits per heavy atom. The van der Waals surface area contributed by atoms with Gasteiger partial charge in [-0.1, -0.05) is 0 Å². The van der Waals surface area contributed by atoms with Gasteiger partial charge in [0.25, 0.3) is 11.6 Å². The van der Waals surface area contributed by atoms with Crippen molar-refractivity contribution in [3.63, 3.8) is 0 Å². The molecule has 154 valence electrons. The molecule has 0 unspecified atom stereocenters. The molecule has 9 nitrogen and oxygen atoms in total. The Morgan fingerprint density at radius 3 is 2.41 bits per heavy atom. The van der Waals surface area contributed by atoms with Crippen molar-refractivity contribution in [3.8, 4) is 11.5 Å². The number of aryl methyl sites for hydroxylation is 2. The molecule has 0 aliphatic heterocycles. The van der Waals surface area contributed by atoms with Gasteiger partial charge in [-0.05, 0) is 56.2 Å². The third kappa shape index (κ3) is 5.44. The number of carbonyl (C=O) groups is 2. The number of hydrogen-bond donors (Lipinski definition) is 1. The Kier molecular flexibility index (Phi) is 7.13. The summed E-state index contributed by atoms with van der Waals surface area (Å²) in [4.78, 5) is 34.9. The summed E-state index contributed by atoms with van der Waals surface area (Å²) in [5.74, 6) is -0.596. The van der Waals surface area contributed by atoms with E-state index in [9.17, 15) is 19.7 Å². The third-order valence-electron chi connectivity index (χ3n) is 4.12. The quantitative estimate of drug-likeness (QED) is 0.408. The van der Waals surface area contributed by atoms with E-state index in [1.807, 2.05) is 6.92 Å². The zero-order valence-corrected chi connectivity index (χ0v) is 16.6. The number of methoxy groups -OCH3 is 1. The molecule has 9 heteroatoms. The molecular formula is C20H22N2O7. The molecule has 0 atom stereocenters. The van der Waals surface area contributed by atoms with Crippen LogP contribution < -0.4 is 14.8 Å². The average molecular weight is 402 g/mol.